The average molecular weight is 405 g/mol. The number of nitrogens with zero attached hydrogens (tertiary/aromatic N) is 1. The number of amides is 2. The zero-order valence-corrected chi connectivity index (χ0v) is 17.2. The SMILES string of the molecule is C=CCNC(=O)Cc1ccc(N(Cc2ccccc2C)C(=O)c2cccs2)cc1. The molecule has 0 radical (unpaired) electrons. The Labute approximate surface area is 175 Å². The number of hydrogen-bond donors (Lipinski definition) is 1. The van der Waals surface area contributed by atoms with E-state index in [1.54, 1.807) is 11.0 Å². The average Bonchev–Trinajstić information content (AvgIpc) is 3.27. The minimum absolute atomic E-state index is 0.0280. The number of aryl methyl sites for hydroxylation is 1. The maximum Gasteiger partial charge on any atom is 0.268 e. The predicted octanol–water partition coefficient (Wildman–Crippen LogP) is 4.75. The molecular formula is C24H24N2O2S. The summed E-state index contributed by atoms with van der Waals surface area (Å²) in [5, 5.41) is 4.68. The van der Waals surface area contributed by atoms with Crippen LogP contribution in [0.1, 0.15) is 26.4 Å². The van der Waals surface area contributed by atoms with E-state index in [9.17, 15) is 9.59 Å². The number of nitrogens with one attached hydrogen (secondary N) is 1. The molecule has 1 aromatic heterocycles. The summed E-state index contributed by atoms with van der Waals surface area (Å²) in [6, 6.07) is 19.4. The van der Waals surface area contributed by atoms with Crippen molar-refractivity contribution in [2.75, 3.05) is 11.4 Å². The lowest BCUT2D eigenvalue weighted by atomic mass is 10.1. The number of rotatable bonds is 8. The van der Waals surface area contributed by atoms with Gasteiger partial charge >= 0.3 is 0 Å². The Hall–Kier alpha value is -3.18. The maximum atomic E-state index is 13.2. The monoisotopic (exact) mass is 404 g/mol. The van der Waals surface area contributed by atoms with E-state index >= 15 is 0 Å². The van der Waals surface area contributed by atoms with Gasteiger partial charge in [0.15, 0.2) is 0 Å². The van der Waals surface area contributed by atoms with Gasteiger partial charge in [-0.1, -0.05) is 48.5 Å². The summed E-state index contributed by atoms with van der Waals surface area (Å²) < 4.78 is 0. The highest BCUT2D eigenvalue weighted by atomic mass is 32.1. The van der Waals surface area contributed by atoms with Gasteiger partial charge < -0.3 is 10.2 Å². The molecule has 0 bridgehead atoms. The molecule has 0 unspecified atom stereocenters. The first kappa shape index (κ1) is 20.6. The number of benzene rings is 2. The van der Waals surface area contributed by atoms with Gasteiger partial charge in [0, 0.05) is 12.2 Å². The van der Waals surface area contributed by atoms with Gasteiger partial charge in [-0.15, -0.1) is 17.9 Å². The standard InChI is InChI=1S/C24H24N2O2S/c1-3-14-25-23(27)16-19-10-12-21(13-11-19)26(24(28)22-9-6-15-29-22)17-20-8-5-4-7-18(20)2/h3-13,15H,1,14,16-17H2,2H3,(H,25,27). The Morgan fingerprint density at radius 2 is 1.83 bits per heavy atom. The summed E-state index contributed by atoms with van der Waals surface area (Å²) in [7, 11) is 0. The van der Waals surface area contributed by atoms with E-state index in [4.69, 9.17) is 0 Å². The number of hydrogen-bond acceptors (Lipinski definition) is 3. The van der Waals surface area contributed by atoms with Crippen LogP contribution in [0.2, 0.25) is 0 Å². The van der Waals surface area contributed by atoms with Crippen molar-refractivity contribution in [3.63, 3.8) is 0 Å². The third-order valence-corrected chi connectivity index (χ3v) is 5.48. The third kappa shape index (κ3) is 5.42. The molecule has 0 atom stereocenters. The quantitative estimate of drug-likeness (QED) is 0.551. The molecule has 4 nitrogen and oxygen atoms in total. The van der Waals surface area contributed by atoms with Crippen molar-refractivity contribution >= 4 is 28.8 Å². The van der Waals surface area contributed by atoms with Crippen LogP contribution in [-0.2, 0) is 17.8 Å². The van der Waals surface area contributed by atoms with E-state index < -0.39 is 0 Å². The van der Waals surface area contributed by atoms with E-state index in [1.165, 1.54) is 11.3 Å². The Morgan fingerprint density at radius 3 is 2.48 bits per heavy atom. The Kier molecular flexibility index (Phi) is 6.98. The largest absolute Gasteiger partial charge is 0.352 e. The second-order valence-electron chi connectivity index (χ2n) is 6.73. The van der Waals surface area contributed by atoms with Gasteiger partial charge in [0.2, 0.25) is 5.91 Å². The molecule has 0 fully saturated rings. The highest BCUT2D eigenvalue weighted by Crippen LogP contribution is 2.24. The molecule has 0 spiro atoms. The number of carbonyl (C=O) groups is 2. The molecule has 0 saturated carbocycles. The van der Waals surface area contributed by atoms with E-state index in [1.807, 2.05) is 73.0 Å². The van der Waals surface area contributed by atoms with E-state index in [-0.39, 0.29) is 11.8 Å². The van der Waals surface area contributed by atoms with Gasteiger partial charge in [-0.2, -0.15) is 0 Å². The summed E-state index contributed by atoms with van der Waals surface area (Å²) in [4.78, 5) is 27.6. The fourth-order valence-electron chi connectivity index (χ4n) is 3.00. The van der Waals surface area contributed by atoms with Crippen molar-refractivity contribution in [3.8, 4) is 0 Å². The summed E-state index contributed by atoms with van der Waals surface area (Å²) >= 11 is 1.44. The third-order valence-electron chi connectivity index (χ3n) is 4.62. The molecule has 2 aromatic carbocycles. The van der Waals surface area contributed by atoms with Gasteiger partial charge in [-0.25, -0.2) is 0 Å². The molecule has 0 aliphatic carbocycles. The van der Waals surface area contributed by atoms with Crippen LogP contribution < -0.4 is 10.2 Å². The van der Waals surface area contributed by atoms with Crippen LogP contribution in [0, 0.1) is 6.92 Å². The lowest BCUT2D eigenvalue weighted by molar-refractivity contribution is -0.120. The van der Waals surface area contributed by atoms with Crippen molar-refractivity contribution in [2.24, 2.45) is 0 Å². The number of thiophene rings is 1. The van der Waals surface area contributed by atoms with Crippen LogP contribution in [0.3, 0.4) is 0 Å². The zero-order valence-electron chi connectivity index (χ0n) is 16.4. The molecule has 2 amide bonds. The minimum Gasteiger partial charge on any atom is -0.352 e. The molecule has 0 saturated heterocycles. The Balaban J connectivity index is 1.84. The molecule has 0 aliphatic heterocycles. The first-order chi connectivity index (χ1) is 14.1. The molecule has 148 valence electrons. The van der Waals surface area contributed by atoms with Crippen LogP contribution in [0.4, 0.5) is 5.69 Å². The van der Waals surface area contributed by atoms with Crippen LogP contribution in [0.5, 0.6) is 0 Å². The first-order valence-electron chi connectivity index (χ1n) is 9.45. The van der Waals surface area contributed by atoms with Gasteiger partial charge in [0.05, 0.1) is 17.8 Å². The lowest BCUT2D eigenvalue weighted by Gasteiger charge is -2.23. The molecule has 0 aliphatic rings. The van der Waals surface area contributed by atoms with Crippen molar-refractivity contribution in [1.29, 1.82) is 0 Å². The Bertz CT molecular complexity index is 978. The van der Waals surface area contributed by atoms with Crippen molar-refractivity contribution in [1.82, 2.24) is 5.32 Å². The number of carbonyl (C=O) groups excluding carboxylic acids is 2. The van der Waals surface area contributed by atoms with Crippen molar-refractivity contribution in [3.05, 3.63) is 100 Å². The molecule has 29 heavy (non-hydrogen) atoms. The first-order valence-corrected chi connectivity index (χ1v) is 10.3. The van der Waals surface area contributed by atoms with Crippen molar-refractivity contribution in [2.45, 2.75) is 19.9 Å². The second kappa shape index (κ2) is 9.85. The van der Waals surface area contributed by atoms with E-state index in [0.29, 0.717) is 24.4 Å². The fourth-order valence-corrected chi connectivity index (χ4v) is 3.67. The predicted molar refractivity (Wildman–Crippen MR) is 119 cm³/mol. The normalized spacial score (nSPS) is 10.4. The lowest BCUT2D eigenvalue weighted by Crippen LogP contribution is -2.30. The molecule has 1 N–H and O–H groups in total. The second-order valence-corrected chi connectivity index (χ2v) is 7.68. The Morgan fingerprint density at radius 1 is 1.07 bits per heavy atom. The maximum absolute atomic E-state index is 13.2. The highest BCUT2D eigenvalue weighted by Gasteiger charge is 2.20. The van der Waals surface area contributed by atoms with Gasteiger partial charge in [-0.3, -0.25) is 9.59 Å². The topological polar surface area (TPSA) is 49.4 Å². The molecule has 3 rings (SSSR count). The zero-order chi connectivity index (χ0) is 20.6. The van der Waals surface area contributed by atoms with Crippen LogP contribution in [0.25, 0.3) is 0 Å². The van der Waals surface area contributed by atoms with E-state index in [2.05, 4.69) is 11.9 Å². The molecule has 3 aromatic rings. The van der Waals surface area contributed by atoms with Gasteiger partial charge in [0.1, 0.15) is 0 Å². The molecular weight excluding hydrogens is 380 g/mol. The molecule has 1 heterocycles. The minimum atomic E-state index is -0.0518. The summed E-state index contributed by atoms with van der Waals surface area (Å²) in [6.45, 7) is 6.59. The molecule has 5 heteroatoms. The summed E-state index contributed by atoms with van der Waals surface area (Å²) in [5.41, 5.74) is 3.95. The summed E-state index contributed by atoms with van der Waals surface area (Å²) in [6.07, 6.45) is 1.95. The highest BCUT2D eigenvalue weighted by molar-refractivity contribution is 7.12. The van der Waals surface area contributed by atoms with Gasteiger partial charge in [0.25, 0.3) is 5.91 Å². The summed E-state index contributed by atoms with van der Waals surface area (Å²) in [5.74, 6) is -0.0798. The number of anilines is 1. The van der Waals surface area contributed by atoms with Gasteiger partial charge in [-0.05, 0) is 47.2 Å². The van der Waals surface area contributed by atoms with Crippen LogP contribution >= 0.6 is 11.3 Å². The smallest absolute Gasteiger partial charge is 0.268 e. The van der Waals surface area contributed by atoms with E-state index in [0.717, 1.165) is 22.4 Å². The fraction of sp³-hybridized carbons (Fsp3) is 0.167. The van der Waals surface area contributed by atoms with Crippen molar-refractivity contribution < 1.29 is 9.59 Å². The van der Waals surface area contributed by atoms with Crippen LogP contribution in [-0.4, -0.2) is 18.4 Å². The van der Waals surface area contributed by atoms with Crippen LogP contribution in [0.15, 0.2) is 78.7 Å².